The molecular formula is C19H20F3N3O4S. The van der Waals surface area contributed by atoms with Gasteiger partial charge in [0.25, 0.3) is 0 Å². The number of halogens is 3. The van der Waals surface area contributed by atoms with Crippen molar-refractivity contribution in [1.82, 2.24) is 9.78 Å². The standard InChI is InChI=1S/C19H20F3N3O4S/c1-10-7-12(30(23,26)27)3-5-14(10)25-15(8-17(24-25)19(20,21)22)13-4-6-16-18(11(13)2)29-9-28-16/h3-6,8,10-11,13H,7,9H2,1-2H3,(H2,23,26,27). The molecule has 4 rings (SSSR count). The number of nitrogens with zero attached hydrogens (tertiary/aromatic N) is 2. The molecule has 11 heteroatoms. The van der Waals surface area contributed by atoms with E-state index in [-0.39, 0.29) is 24.0 Å². The van der Waals surface area contributed by atoms with Crippen LogP contribution in [0.1, 0.15) is 37.6 Å². The Labute approximate surface area is 171 Å². The number of hydrogen-bond acceptors (Lipinski definition) is 5. The highest BCUT2D eigenvalue weighted by molar-refractivity contribution is 7.93. The average Bonchev–Trinajstić information content (AvgIpc) is 3.28. The lowest BCUT2D eigenvalue weighted by Gasteiger charge is -2.27. The summed E-state index contributed by atoms with van der Waals surface area (Å²) >= 11 is 0. The maximum Gasteiger partial charge on any atom is 0.435 e. The molecule has 0 saturated carbocycles. The Kier molecular flexibility index (Phi) is 4.85. The minimum absolute atomic E-state index is 0.0285. The molecule has 2 aliphatic carbocycles. The van der Waals surface area contributed by atoms with Gasteiger partial charge < -0.3 is 9.47 Å². The third kappa shape index (κ3) is 3.56. The van der Waals surface area contributed by atoms with Gasteiger partial charge >= 0.3 is 6.18 Å². The van der Waals surface area contributed by atoms with Gasteiger partial charge in [0, 0.05) is 23.5 Å². The van der Waals surface area contributed by atoms with Gasteiger partial charge in [-0.1, -0.05) is 19.9 Å². The molecule has 2 N–H and O–H groups in total. The number of sulfonamides is 1. The minimum atomic E-state index is -4.63. The third-order valence-corrected chi connectivity index (χ3v) is 6.54. The molecule has 30 heavy (non-hydrogen) atoms. The molecule has 1 aromatic heterocycles. The van der Waals surface area contributed by atoms with Crippen LogP contribution in [0.4, 0.5) is 13.2 Å². The van der Waals surface area contributed by atoms with Gasteiger partial charge in [0.2, 0.25) is 16.8 Å². The maximum atomic E-state index is 13.5. The number of hydrogen-bond donors (Lipinski definition) is 1. The van der Waals surface area contributed by atoms with E-state index in [1.807, 2.05) is 6.92 Å². The molecule has 0 aromatic carbocycles. The van der Waals surface area contributed by atoms with Crippen LogP contribution in [-0.4, -0.2) is 25.0 Å². The fourth-order valence-electron chi connectivity index (χ4n) is 3.95. The van der Waals surface area contributed by atoms with Crippen LogP contribution < -0.4 is 5.14 Å². The average molecular weight is 443 g/mol. The van der Waals surface area contributed by atoms with E-state index in [0.29, 0.717) is 22.9 Å². The van der Waals surface area contributed by atoms with Crippen molar-refractivity contribution < 1.29 is 31.1 Å². The summed E-state index contributed by atoms with van der Waals surface area (Å²) < 4.78 is 75.8. The number of aromatic nitrogens is 2. The van der Waals surface area contributed by atoms with E-state index in [1.165, 1.54) is 16.8 Å². The van der Waals surface area contributed by atoms with Gasteiger partial charge in [-0.25, -0.2) is 18.2 Å². The number of ether oxygens (including phenoxy) is 2. The molecule has 0 bridgehead atoms. The quantitative estimate of drug-likeness (QED) is 0.772. The second-order valence-corrected chi connectivity index (χ2v) is 9.16. The SMILES string of the molecule is CC1CC(S(N)(=O)=O)=CC=C1n1nc(C(F)(F)F)cc1C1C=CC2=C(OCO2)C1C. The van der Waals surface area contributed by atoms with Crippen molar-refractivity contribution in [3.63, 3.8) is 0 Å². The van der Waals surface area contributed by atoms with Gasteiger partial charge in [-0.2, -0.15) is 18.3 Å². The van der Waals surface area contributed by atoms with Gasteiger partial charge in [0.05, 0.1) is 10.6 Å². The zero-order chi connectivity index (χ0) is 21.8. The molecule has 1 aliphatic heterocycles. The molecule has 3 unspecified atom stereocenters. The third-order valence-electron chi connectivity index (χ3n) is 5.51. The summed E-state index contributed by atoms with van der Waals surface area (Å²) in [7, 11) is -3.87. The molecule has 0 spiro atoms. The fraction of sp³-hybridized carbons (Fsp3) is 0.421. The van der Waals surface area contributed by atoms with E-state index in [9.17, 15) is 21.6 Å². The highest BCUT2D eigenvalue weighted by Crippen LogP contribution is 2.43. The van der Waals surface area contributed by atoms with Gasteiger partial charge in [0.1, 0.15) is 5.76 Å². The van der Waals surface area contributed by atoms with Crippen molar-refractivity contribution >= 4 is 15.7 Å². The second kappa shape index (κ2) is 7.02. The van der Waals surface area contributed by atoms with E-state index < -0.39 is 33.7 Å². The van der Waals surface area contributed by atoms with E-state index in [4.69, 9.17) is 14.6 Å². The number of rotatable bonds is 3. The molecular weight excluding hydrogens is 423 g/mol. The van der Waals surface area contributed by atoms with Crippen LogP contribution in [-0.2, 0) is 25.7 Å². The Morgan fingerprint density at radius 2 is 1.97 bits per heavy atom. The summed E-state index contributed by atoms with van der Waals surface area (Å²) in [5.74, 6) is 0.0503. The van der Waals surface area contributed by atoms with Crippen LogP contribution >= 0.6 is 0 Å². The van der Waals surface area contributed by atoms with Crippen LogP contribution in [0.15, 0.2) is 46.8 Å². The fourth-order valence-corrected chi connectivity index (χ4v) is 4.69. The monoisotopic (exact) mass is 443 g/mol. The molecule has 0 fully saturated rings. The van der Waals surface area contributed by atoms with E-state index in [2.05, 4.69) is 5.10 Å². The summed E-state index contributed by atoms with van der Waals surface area (Å²) in [5.41, 5.74) is -0.230. The number of alkyl halides is 3. The molecule has 3 atom stereocenters. The zero-order valence-electron chi connectivity index (χ0n) is 16.2. The van der Waals surface area contributed by atoms with Crippen LogP contribution in [0.5, 0.6) is 0 Å². The lowest BCUT2D eigenvalue weighted by molar-refractivity contribution is -0.141. The Morgan fingerprint density at radius 1 is 1.23 bits per heavy atom. The maximum absolute atomic E-state index is 13.5. The van der Waals surface area contributed by atoms with Crippen LogP contribution in [0.2, 0.25) is 0 Å². The van der Waals surface area contributed by atoms with Crippen LogP contribution in [0.25, 0.3) is 5.70 Å². The van der Waals surface area contributed by atoms with Gasteiger partial charge in [-0.05, 0) is 30.7 Å². The van der Waals surface area contributed by atoms with E-state index >= 15 is 0 Å². The first-order valence-electron chi connectivity index (χ1n) is 9.26. The topological polar surface area (TPSA) is 96.4 Å². The first-order valence-corrected chi connectivity index (χ1v) is 10.8. The predicted octanol–water partition coefficient (Wildman–Crippen LogP) is 3.46. The Morgan fingerprint density at radius 3 is 2.60 bits per heavy atom. The van der Waals surface area contributed by atoms with E-state index in [0.717, 1.165) is 6.07 Å². The molecule has 2 heterocycles. The van der Waals surface area contributed by atoms with Crippen LogP contribution in [0, 0.1) is 11.8 Å². The van der Waals surface area contributed by atoms with Gasteiger partial charge in [-0.15, -0.1) is 0 Å². The molecule has 0 radical (unpaired) electrons. The molecule has 0 amide bonds. The molecule has 3 aliphatic rings. The summed E-state index contributed by atoms with van der Waals surface area (Å²) in [6.45, 7) is 3.64. The zero-order valence-corrected chi connectivity index (χ0v) is 17.0. The predicted molar refractivity (Wildman–Crippen MR) is 102 cm³/mol. The highest BCUT2D eigenvalue weighted by Gasteiger charge is 2.40. The molecule has 162 valence electrons. The lowest BCUT2D eigenvalue weighted by Crippen LogP contribution is -2.23. The Bertz CT molecular complexity index is 1110. The molecule has 7 nitrogen and oxygen atoms in total. The van der Waals surface area contributed by atoms with E-state index in [1.54, 1.807) is 19.1 Å². The smallest absolute Gasteiger partial charge is 0.435 e. The lowest BCUT2D eigenvalue weighted by atomic mass is 9.84. The number of allylic oxidation sites excluding steroid dienone is 7. The van der Waals surface area contributed by atoms with Crippen LogP contribution in [0.3, 0.4) is 0 Å². The highest BCUT2D eigenvalue weighted by atomic mass is 32.2. The van der Waals surface area contributed by atoms with Crippen molar-refractivity contribution in [2.75, 3.05) is 6.79 Å². The first kappa shape index (κ1) is 20.7. The summed E-state index contributed by atoms with van der Waals surface area (Å²) in [6.07, 6.45) is 1.69. The Balaban J connectivity index is 1.81. The number of nitrogens with two attached hydrogens (primary N) is 1. The molecule has 0 saturated heterocycles. The number of primary sulfonamides is 1. The van der Waals surface area contributed by atoms with Gasteiger partial charge in [-0.3, -0.25) is 0 Å². The minimum Gasteiger partial charge on any atom is -0.458 e. The molecule has 1 aromatic rings. The van der Waals surface area contributed by atoms with Gasteiger partial charge in [0.15, 0.2) is 11.5 Å². The largest absolute Gasteiger partial charge is 0.458 e. The van der Waals surface area contributed by atoms with Crippen molar-refractivity contribution in [2.45, 2.75) is 32.4 Å². The summed E-state index contributed by atoms with van der Waals surface area (Å²) in [6, 6.07) is 1.03. The normalized spacial score (nSPS) is 26.7. The summed E-state index contributed by atoms with van der Waals surface area (Å²) in [4.78, 5) is 0.0285. The van der Waals surface area contributed by atoms with Crippen molar-refractivity contribution in [3.05, 3.63) is 58.2 Å². The second-order valence-electron chi connectivity index (χ2n) is 7.55. The summed E-state index contributed by atoms with van der Waals surface area (Å²) in [5, 5.41) is 9.03. The van der Waals surface area contributed by atoms with Crippen molar-refractivity contribution in [2.24, 2.45) is 17.0 Å². The Hall–Kier alpha value is -2.53. The first-order chi connectivity index (χ1) is 14.0. The van der Waals surface area contributed by atoms with Crippen molar-refractivity contribution in [3.8, 4) is 0 Å². The van der Waals surface area contributed by atoms with Crippen molar-refractivity contribution in [1.29, 1.82) is 0 Å².